The van der Waals surface area contributed by atoms with Crippen molar-refractivity contribution < 1.29 is 0 Å². The van der Waals surface area contributed by atoms with Crippen LogP contribution in [0.15, 0.2) is 36.8 Å². The Morgan fingerprint density at radius 1 is 0.955 bits per heavy atom. The minimum Gasteiger partial charge on any atom is -0.336 e. The van der Waals surface area contributed by atoms with Crippen LogP contribution in [-0.2, 0) is 0 Å². The largest absolute Gasteiger partial charge is 0.336 e. The molecular weight excluding hydrogens is 318 g/mol. The van der Waals surface area contributed by atoms with Crippen molar-refractivity contribution in [1.82, 2.24) is 13.0 Å². The van der Waals surface area contributed by atoms with Gasteiger partial charge in [0.05, 0.1) is 0 Å². The molecule has 0 amide bonds. The van der Waals surface area contributed by atoms with E-state index in [-0.39, 0.29) is 0 Å². The first-order valence-electron chi connectivity index (χ1n) is 8.34. The summed E-state index contributed by atoms with van der Waals surface area (Å²) in [6.45, 7) is 26.6. The van der Waals surface area contributed by atoms with Gasteiger partial charge in [-0.25, -0.2) is 0 Å². The standard InChI is InChI=1S/C16H37N3Si3/c1-11-18(12-2)21(9,10)19(20(13-3)14-4)22(15-5,16-6)17(7)8/h13,15-16,20H,3,5-6,11-12,14H2,1-2,4,7-10H3. The lowest BCUT2D eigenvalue weighted by molar-refractivity contribution is 0.437. The normalized spacial score (nSPS) is 14.5. The zero-order chi connectivity index (χ0) is 17.6. The van der Waals surface area contributed by atoms with Crippen LogP contribution in [0, 0.1) is 0 Å². The average Bonchev–Trinajstić information content (AvgIpc) is 2.48. The van der Waals surface area contributed by atoms with Crippen molar-refractivity contribution in [1.29, 1.82) is 0 Å². The Bertz CT molecular complexity index is 371. The Kier molecular flexibility index (Phi) is 9.04. The van der Waals surface area contributed by atoms with Crippen molar-refractivity contribution in [3.05, 3.63) is 36.8 Å². The maximum absolute atomic E-state index is 4.22. The monoisotopic (exact) mass is 355 g/mol. The Hall–Kier alpha value is -0.249. The van der Waals surface area contributed by atoms with Crippen molar-refractivity contribution >= 4 is 25.8 Å². The van der Waals surface area contributed by atoms with Crippen molar-refractivity contribution in [3.63, 3.8) is 0 Å². The third-order valence-electron chi connectivity index (χ3n) is 4.85. The summed E-state index contributed by atoms with van der Waals surface area (Å²) in [5.74, 6) is 0. The third kappa shape index (κ3) is 3.98. The van der Waals surface area contributed by atoms with Crippen molar-refractivity contribution in [3.8, 4) is 0 Å². The molecule has 1 unspecified atom stereocenters. The van der Waals surface area contributed by atoms with Crippen LogP contribution in [0.1, 0.15) is 20.8 Å². The minimum atomic E-state index is -2.08. The van der Waals surface area contributed by atoms with E-state index in [0.29, 0.717) is 0 Å². The third-order valence-corrected chi connectivity index (χ3v) is 21.5. The molecule has 0 aliphatic heterocycles. The fourth-order valence-corrected chi connectivity index (χ4v) is 22.1. The molecule has 0 saturated carbocycles. The Balaban J connectivity index is 6.30. The van der Waals surface area contributed by atoms with Crippen LogP contribution in [0.25, 0.3) is 0 Å². The van der Waals surface area contributed by atoms with E-state index in [9.17, 15) is 0 Å². The SMILES string of the molecule is C=C[SiH](CC)N([Si](C)(C)N(CC)CC)[Si](C=C)(C=C)N(C)C. The van der Waals surface area contributed by atoms with E-state index < -0.39 is 25.8 Å². The van der Waals surface area contributed by atoms with Crippen molar-refractivity contribution in [2.45, 2.75) is 39.9 Å². The maximum atomic E-state index is 4.22. The van der Waals surface area contributed by atoms with E-state index in [1.54, 1.807) is 0 Å². The average molecular weight is 356 g/mol. The van der Waals surface area contributed by atoms with Gasteiger partial charge in [0.2, 0.25) is 8.40 Å². The number of rotatable bonds is 11. The Morgan fingerprint density at radius 3 is 1.64 bits per heavy atom. The molecule has 0 N–H and O–H groups in total. The van der Waals surface area contributed by atoms with Gasteiger partial charge in [0.1, 0.15) is 8.96 Å². The van der Waals surface area contributed by atoms with Gasteiger partial charge < -0.3 is 13.0 Å². The zero-order valence-electron chi connectivity index (χ0n) is 15.9. The van der Waals surface area contributed by atoms with Gasteiger partial charge in [-0.2, -0.15) is 0 Å². The molecular formula is C16H37N3Si3. The maximum Gasteiger partial charge on any atom is 0.244 e. The topological polar surface area (TPSA) is 9.72 Å². The highest BCUT2D eigenvalue weighted by molar-refractivity contribution is 7.03. The molecule has 0 aliphatic rings. The molecule has 128 valence electrons. The first kappa shape index (κ1) is 21.8. The van der Waals surface area contributed by atoms with Gasteiger partial charge in [0.25, 0.3) is 0 Å². The van der Waals surface area contributed by atoms with E-state index in [4.69, 9.17) is 0 Å². The van der Waals surface area contributed by atoms with Crippen LogP contribution < -0.4 is 0 Å². The van der Waals surface area contributed by atoms with Crippen LogP contribution in [0.3, 0.4) is 0 Å². The fourth-order valence-electron chi connectivity index (χ4n) is 3.57. The smallest absolute Gasteiger partial charge is 0.244 e. The first-order valence-corrected chi connectivity index (χ1v) is 15.3. The summed E-state index contributed by atoms with van der Waals surface area (Å²) in [7, 11) is -0.731. The van der Waals surface area contributed by atoms with E-state index in [1.165, 1.54) is 6.04 Å². The van der Waals surface area contributed by atoms with Gasteiger partial charge in [-0.3, -0.25) is 0 Å². The summed E-state index contributed by atoms with van der Waals surface area (Å²) >= 11 is 0. The summed E-state index contributed by atoms with van der Waals surface area (Å²) in [5.41, 5.74) is 6.63. The lowest BCUT2D eigenvalue weighted by Crippen LogP contribution is -2.77. The van der Waals surface area contributed by atoms with Gasteiger partial charge in [-0.05, 0) is 46.3 Å². The van der Waals surface area contributed by atoms with Crippen LogP contribution in [-0.4, -0.2) is 66.0 Å². The van der Waals surface area contributed by atoms with E-state index in [2.05, 4.69) is 97.8 Å². The summed E-state index contributed by atoms with van der Waals surface area (Å²) in [4.78, 5) is 0. The summed E-state index contributed by atoms with van der Waals surface area (Å²) in [6, 6.07) is 1.20. The second-order valence-corrected chi connectivity index (χ2v) is 18.6. The lowest BCUT2D eigenvalue weighted by Gasteiger charge is -2.55. The summed E-state index contributed by atoms with van der Waals surface area (Å²) < 4.78 is 7.94. The quantitative estimate of drug-likeness (QED) is 0.527. The highest BCUT2D eigenvalue weighted by atomic mass is 28.5. The van der Waals surface area contributed by atoms with E-state index in [0.717, 1.165) is 13.1 Å². The predicted octanol–water partition coefficient (Wildman–Crippen LogP) is 3.26. The van der Waals surface area contributed by atoms with Crippen LogP contribution in [0.4, 0.5) is 0 Å². The second-order valence-electron chi connectivity index (χ2n) is 6.33. The molecule has 0 aliphatic carbocycles. The Labute approximate surface area is 143 Å². The molecule has 0 spiro atoms. The van der Waals surface area contributed by atoms with E-state index in [1.807, 2.05) is 0 Å². The van der Waals surface area contributed by atoms with Gasteiger partial charge in [-0.15, -0.1) is 19.7 Å². The molecule has 6 heteroatoms. The van der Waals surface area contributed by atoms with Crippen LogP contribution in [0.2, 0.25) is 19.1 Å². The predicted molar refractivity (Wildman–Crippen MR) is 110 cm³/mol. The molecule has 0 fully saturated rings. The molecule has 22 heavy (non-hydrogen) atoms. The first-order chi connectivity index (χ1) is 10.2. The van der Waals surface area contributed by atoms with Crippen LogP contribution >= 0.6 is 0 Å². The number of nitrogens with zero attached hydrogens (tertiary/aromatic N) is 3. The van der Waals surface area contributed by atoms with Gasteiger partial charge in [0.15, 0.2) is 8.40 Å². The molecule has 0 rings (SSSR count). The lowest BCUT2D eigenvalue weighted by atomic mass is 10.7. The minimum absolute atomic E-state index is 1.10. The highest BCUT2D eigenvalue weighted by Crippen LogP contribution is 2.28. The molecule has 0 radical (unpaired) electrons. The fraction of sp³-hybridized carbons (Fsp3) is 0.625. The summed E-state index contributed by atoms with van der Waals surface area (Å²) in [6.07, 6.45) is 0. The Morgan fingerprint density at radius 2 is 1.41 bits per heavy atom. The number of hydrogen-bond acceptors (Lipinski definition) is 3. The molecule has 3 nitrogen and oxygen atoms in total. The highest BCUT2D eigenvalue weighted by Gasteiger charge is 2.50. The molecule has 0 bridgehead atoms. The molecule has 0 saturated heterocycles. The molecule has 1 atom stereocenters. The van der Waals surface area contributed by atoms with Crippen molar-refractivity contribution in [2.75, 3.05) is 27.2 Å². The second kappa shape index (κ2) is 9.15. The molecule has 0 aromatic carbocycles. The molecule has 0 aromatic rings. The van der Waals surface area contributed by atoms with E-state index >= 15 is 0 Å². The molecule has 0 heterocycles. The zero-order valence-corrected chi connectivity index (χ0v) is 19.0. The van der Waals surface area contributed by atoms with Gasteiger partial charge in [-0.1, -0.05) is 37.9 Å². The molecule has 0 aromatic heterocycles. The number of hydrogen-bond donors (Lipinski definition) is 0. The van der Waals surface area contributed by atoms with Gasteiger partial charge >= 0.3 is 0 Å². The van der Waals surface area contributed by atoms with Gasteiger partial charge in [0, 0.05) is 0 Å². The summed E-state index contributed by atoms with van der Waals surface area (Å²) in [5, 5.41) is 0. The van der Waals surface area contributed by atoms with Crippen LogP contribution in [0.5, 0.6) is 0 Å². The van der Waals surface area contributed by atoms with Crippen molar-refractivity contribution in [2.24, 2.45) is 0 Å².